The van der Waals surface area contributed by atoms with Gasteiger partial charge in [-0.25, -0.2) is 0 Å². The molecule has 0 atom stereocenters. The Hall–Kier alpha value is -3.02. The second-order valence-electron chi connectivity index (χ2n) is 6.64. The maximum absolute atomic E-state index is 5.37. The van der Waals surface area contributed by atoms with Crippen LogP contribution in [0, 0.1) is 0 Å². The van der Waals surface area contributed by atoms with E-state index in [1.54, 1.807) is 21.3 Å². The maximum Gasteiger partial charge on any atom is 0.118 e. The van der Waals surface area contributed by atoms with E-state index in [1.807, 2.05) is 43.4 Å². The van der Waals surface area contributed by atoms with E-state index in [1.165, 1.54) is 0 Å². The zero-order chi connectivity index (χ0) is 20.7. The van der Waals surface area contributed by atoms with Gasteiger partial charge in [0.1, 0.15) is 17.2 Å². The molecule has 0 amide bonds. The van der Waals surface area contributed by atoms with Crippen LogP contribution in [0.3, 0.4) is 0 Å². The Morgan fingerprint density at radius 3 is 1.14 bits per heavy atom. The van der Waals surface area contributed by atoms with Gasteiger partial charge >= 0.3 is 0 Å². The number of hydrogen-bond donors (Lipinski definition) is 2. The quantitative estimate of drug-likeness (QED) is 0.429. The highest BCUT2D eigenvalue weighted by molar-refractivity contribution is 5.52. The van der Waals surface area contributed by atoms with E-state index in [0.29, 0.717) is 6.67 Å². The Kier molecular flexibility index (Phi) is 6.75. The first-order chi connectivity index (χ1) is 14.2. The van der Waals surface area contributed by atoms with Gasteiger partial charge < -0.3 is 19.5 Å². The molecule has 3 rings (SSSR count). The van der Waals surface area contributed by atoms with Crippen LogP contribution in [0.25, 0.3) is 0 Å². The van der Waals surface area contributed by atoms with Crippen molar-refractivity contribution in [3.8, 4) is 17.2 Å². The lowest BCUT2D eigenvalue weighted by atomic mass is 9.77. The summed E-state index contributed by atoms with van der Waals surface area (Å²) < 4.78 is 16.1. The van der Waals surface area contributed by atoms with Crippen molar-refractivity contribution in [3.63, 3.8) is 0 Å². The molecule has 0 spiro atoms. The van der Waals surface area contributed by atoms with Crippen LogP contribution in [0.1, 0.15) is 16.7 Å². The van der Waals surface area contributed by atoms with Gasteiger partial charge in [0.25, 0.3) is 0 Å². The topological polar surface area (TPSA) is 51.8 Å². The molecule has 0 unspecified atom stereocenters. The molecule has 0 aromatic heterocycles. The van der Waals surface area contributed by atoms with Gasteiger partial charge in [-0.2, -0.15) is 0 Å². The average Bonchev–Trinajstić information content (AvgIpc) is 2.80. The van der Waals surface area contributed by atoms with Gasteiger partial charge in [-0.15, -0.1) is 0 Å². The monoisotopic (exact) mass is 392 g/mol. The molecule has 0 saturated carbocycles. The van der Waals surface area contributed by atoms with Crippen molar-refractivity contribution < 1.29 is 14.2 Å². The summed E-state index contributed by atoms with van der Waals surface area (Å²) in [5.41, 5.74) is 2.73. The lowest BCUT2D eigenvalue weighted by Crippen LogP contribution is -2.47. The SMILES string of the molecule is CNCNC(c1ccc(OC)cc1)(c1ccc(OC)cc1)c1ccc(OC)cc1. The van der Waals surface area contributed by atoms with Gasteiger partial charge in [0.2, 0.25) is 0 Å². The molecular formula is C24H28N2O3. The molecule has 5 heteroatoms. The Morgan fingerprint density at radius 2 is 0.897 bits per heavy atom. The fourth-order valence-corrected chi connectivity index (χ4v) is 3.55. The second kappa shape index (κ2) is 9.45. The van der Waals surface area contributed by atoms with Gasteiger partial charge in [0, 0.05) is 6.67 Å². The molecule has 0 aliphatic rings. The van der Waals surface area contributed by atoms with Crippen LogP contribution in [-0.4, -0.2) is 35.0 Å². The second-order valence-corrected chi connectivity index (χ2v) is 6.64. The smallest absolute Gasteiger partial charge is 0.118 e. The van der Waals surface area contributed by atoms with Gasteiger partial charge in [-0.05, 0) is 60.1 Å². The van der Waals surface area contributed by atoms with Crippen LogP contribution in [0.15, 0.2) is 72.8 Å². The van der Waals surface area contributed by atoms with Crippen molar-refractivity contribution in [2.75, 3.05) is 35.0 Å². The predicted octanol–water partition coefficient (Wildman–Crippen LogP) is 3.77. The molecule has 0 heterocycles. The third kappa shape index (κ3) is 4.21. The molecule has 0 bridgehead atoms. The number of methoxy groups -OCH3 is 3. The number of benzene rings is 3. The van der Waals surface area contributed by atoms with Crippen LogP contribution in [0.2, 0.25) is 0 Å². The molecule has 29 heavy (non-hydrogen) atoms. The fraction of sp³-hybridized carbons (Fsp3) is 0.250. The fourth-order valence-electron chi connectivity index (χ4n) is 3.55. The van der Waals surface area contributed by atoms with Crippen LogP contribution in [-0.2, 0) is 5.54 Å². The third-order valence-electron chi connectivity index (χ3n) is 5.10. The molecule has 0 fully saturated rings. The summed E-state index contributed by atoms with van der Waals surface area (Å²) in [6, 6.07) is 24.5. The van der Waals surface area contributed by atoms with Crippen LogP contribution >= 0.6 is 0 Å². The van der Waals surface area contributed by atoms with Crippen LogP contribution in [0.4, 0.5) is 0 Å². The highest BCUT2D eigenvalue weighted by Gasteiger charge is 2.36. The molecule has 0 radical (unpaired) electrons. The molecule has 152 valence electrons. The highest BCUT2D eigenvalue weighted by atomic mass is 16.5. The lowest BCUT2D eigenvalue weighted by Gasteiger charge is -2.37. The number of hydrogen-bond acceptors (Lipinski definition) is 5. The Balaban J connectivity index is 2.23. The first-order valence-corrected chi connectivity index (χ1v) is 9.51. The minimum atomic E-state index is -0.576. The molecule has 0 aliphatic carbocycles. The van der Waals surface area contributed by atoms with E-state index in [0.717, 1.165) is 33.9 Å². The van der Waals surface area contributed by atoms with Gasteiger partial charge in [-0.1, -0.05) is 36.4 Å². The molecule has 2 N–H and O–H groups in total. The Bertz CT molecular complexity index is 775. The maximum atomic E-state index is 5.37. The zero-order valence-electron chi connectivity index (χ0n) is 17.4. The number of rotatable bonds is 9. The predicted molar refractivity (Wildman–Crippen MR) is 116 cm³/mol. The van der Waals surface area contributed by atoms with Crippen LogP contribution < -0.4 is 24.8 Å². The van der Waals surface area contributed by atoms with Crippen molar-refractivity contribution in [2.45, 2.75) is 5.54 Å². The van der Waals surface area contributed by atoms with Crippen molar-refractivity contribution in [2.24, 2.45) is 0 Å². The number of nitrogens with one attached hydrogen (secondary N) is 2. The van der Waals surface area contributed by atoms with E-state index in [-0.39, 0.29) is 0 Å². The summed E-state index contributed by atoms with van der Waals surface area (Å²) in [5, 5.41) is 6.93. The average molecular weight is 392 g/mol. The van der Waals surface area contributed by atoms with E-state index >= 15 is 0 Å². The standard InChI is InChI=1S/C24H28N2O3/c1-25-17-26-24(18-5-11-21(27-2)12-6-18,19-7-13-22(28-3)14-8-19)20-9-15-23(29-4)16-10-20/h5-16,25-26H,17H2,1-4H3. The largest absolute Gasteiger partial charge is 0.497 e. The van der Waals surface area contributed by atoms with Gasteiger partial charge in [-0.3, -0.25) is 5.32 Å². The van der Waals surface area contributed by atoms with E-state index in [4.69, 9.17) is 14.2 Å². The van der Waals surface area contributed by atoms with Crippen molar-refractivity contribution in [1.29, 1.82) is 0 Å². The normalized spacial score (nSPS) is 11.2. The first-order valence-electron chi connectivity index (χ1n) is 9.51. The summed E-state index contributed by atoms with van der Waals surface area (Å²) in [5.74, 6) is 2.46. The molecule has 0 aliphatic heterocycles. The van der Waals surface area contributed by atoms with Crippen molar-refractivity contribution >= 4 is 0 Å². The summed E-state index contributed by atoms with van der Waals surface area (Å²) >= 11 is 0. The van der Waals surface area contributed by atoms with Crippen LogP contribution in [0.5, 0.6) is 17.2 Å². The zero-order valence-corrected chi connectivity index (χ0v) is 17.4. The molecule has 0 saturated heterocycles. The van der Waals surface area contributed by atoms with E-state index in [2.05, 4.69) is 47.0 Å². The summed E-state index contributed by atoms with van der Waals surface area (Å²) in [6.45, 7) is 0.615. The van der Waals surface area contributed by atoms with Crippen molar-refractivity contribution in [3.05, 3.63) is 89.5 Å². The minimum absolute atomic E-state index is 0.576. The van der Waals surface area contributed by atoms with E-state index in [9.17, 15) is 0 Å². The Morgan fingerprint density at radius 1 is 0.586 bits per heavy atom. The van der Waals surface area contributed by atoms with Gasteiger partial charge in [0.15, 0.2) is 0 Å². The minimum Gasteiger partial charge on any atom is -0.497 e. The highest BCUT2D eigenvalue weighted by Crippen LogP contribution is 2.38. The molecule has 5 nitrogen and oxygen atoms in total. The molecule has 3 aromatic carbocycles. The number of ether oxygens (including phenoxy) is 3. The first kappa shape index (κ1) is 20.7. The van der Waals surface area contributed by atoms with E-state index < -0.39 is 5.54 Å². The third-order valence-corrected chi connectivity index (χ3v) is 5.10. The summed E-state index contributed by atoms with van der Waals surface area (Å²) in [4.78, 5) is 0. The Labute approximate surface area is 172 Å². The summed E-state index contributed by atoms with van der Waals surface area (Å²) in [6.07, 6.45) is 0. The summed E-state index contributed by atoms with van der Waals surface area (Å²) in [7, 11) is 6.95. The van der Waals surface area contributed by atoms with Crippen molar-refractivity contribution in [1.82, 2.24) is 10.6 Å². The molecule has 3 aromatic rings. The molecular weight excluding hydrogens is 364 g/mol. The lowest BCUT2D eigenvalue weighted by molar-refractivity contribution is 0.410. The van der Waals surface area contributed by atoms with Gasteiger partial charge in [0.05, 0.1) is 26.9 Å².